The Bertz CT molecular complexity index is 13.7. The molecule has 0 spiro atoms. The molecule has 0 saturated carbocycles. The molecular formula is C2H6O6V2-10. The van der Waals surface area contributed by atoms with E-state index in [1.807, 2.05) is 0 Å². The van der Waals surface area contributed by atoms with Gasteiger partial charge in [-0.05, 0) is 6.92 Å². The van der Waals surface area contributed by atoms with Crippen LogP contribution in [0.15, 0.2) is 0 Å². The molecule has 10 heavy (non-hydrogen) atoms. The quantitative estimate of drug-likeness (QED) is 0.575. The largest absolute Gasteiger partial charge is 2.00 e. The summed E-state index contributed by atoms with van der Waals surface area (Å²) in [4.78, 5) is 0. The first-order chi connectivity index (χ1) is 1.41. The molecule has 1 N–H and O–H groups in total. The first-order valence-electron chi connectivity index (χ1n) is 1.02. The van der Waals surface area contributed by atoms with E-state index >= 15 is 0 Å². The smallest absolute Gasteiger partial charge is 0.0402 e. The Balaban J connectivity index is -0.000000000952. The van der Waals surface area contributed by atoms with Crippen LogP contribution in [0.2, 0.25) is 0 Å². The van der Waals surface area contributed by atoms with Crippen molar-refractivity contribution in [2.45, 2.75) is 6.92 Å². The fraction of sp³-hybridized carbons (Fsp3) is 1.00. The summed E-state index contributed by atoms with van der Waals surface area (Å²) in [6.45, 7) is 1.93. The van der Waals surface area contributed by atoms with Crippen LogP contribution < -0.4 is 0 Å². The second-order valence-corrected chi connectivity index (χ2v) is 0.316. The van der Waals surface area contributed by atoms with E-state index in [-0.39, 0.29) is 71.1 Å². The maximum Gasteiger partial charge on any atom is 0.0402 e. The van der Waals surface area contributed by atoms with Gasteiger partial charge in [0.25, 0.3) is 0 Å². The van der Waals surface area contributed by atoms with Crippen LogP contribution in [0, 0.1) is 0 Å². The van der Waals surface area contributed by atoms with Crippen LogP contribution in [0.4, 0.5) is 0 Å². The Hall–Kier alpha value is 0.929. The van der Waals surface area contributed by atoms with Crippen LogP contribution in [0.1, 0.15) is 6.92 Å². The van der Waals surface area contributed by atoms with Crippen LogP contribution in [0.5, 0.6) is 0 Å². The van der Waals surface area contributed by atoms with Gasteiger partial charge in [0.05, 0.1) is 0 Å². The number of rotatable bonds is 0. The van der Waals surface area contributed by atoms with Crippen LogP contribution in [0.25, 0.3) is 0 Å². The molecule has 0 fully saturated rings. The molecule has 0 amide bonds. The second-order valence-electron chi connectivity index (χ2n) is 0.316. The van der Waals surface area contributed by atoms with Gasteiger partial charge in [0.15, 0.2) is 0 Å². The fourth-order valence-electron chi connectivity index (χ4n) is 0. The minimum atomic E-state index is 0. The van der Waals surface area contributed by atoms with Gasteiger partial charge >= 0.3 is 0 Å². The van der Waals surface area contributed by atoms with E-state index in [2.05, 4.69) is 0 Å². The van der Waals surface area contributed by atoms with Gasteiger partial charge in [-0.1, -0.05) is 0 Å². The molecule has 0 aromatic heterocycles. The summed E-state index contributed by atoms with van der Waals surface area (Å²) in [5.41, 5.74) is 0. The minimum Gasteiger partial charge on any atom is -2.00 e. The van der Waals surface area contributed by atoms with Crippen molar-refractivity contribution in [1.29, 1.82) is 0 Å². The Kier molecular flexibility index (Phi) is 2670. The average molecular weight is 228 g/mol. The molecule has 2 radical (unpaired) electrons. The van der Waals surface area contributed by atoms with Crippen molar-refractivity contribution in [3.05, 3.63) is 0 Å². The molecule has 0 aliphatic rings. The van der Waals surface area contributed by atoms with Crippen LogP contribution in [0.3, 0.4) is 0 Å². The number of aliphatic hydroxyl groups excluding tert-OH is 1. The number of hydrogen-bond acceptors (Lipinski definition) is 1. The summed E-state index contributed by atoms with van der Waals surface area (Å²) in [5.74, 6) is 0. The van der Waals surface area contributed by atoms with Gasteiger partial charge in [0, 0.05) is 43.7 Å². The summed E-state index contributed by atoms with van der Waals surface area (Å²) in [5, 5.41) is 7.57. The monoisotopic (exact) mass is 228 g/mol. The standard InChI is InChI=1S/C2H6O.5O.2V/c1-2-3;;;;;;;/h3H,2H2,1H3;;;;;;;/q;5*-2;;. The van der Waals surface area contributed by atoms with E-state index in [1.54, 1.807) is 6.92 Å². The molecule has 0 saturated heterocycles. The van der Waals surface area contributed by atoms with E-state index < -0.39 is 0 Å². The molecule has 0 aliphatic heterocycles. The van der Waals surface area contributed by atoms with Gasteiger partial charge in [0.1, 0.15) is 0 Å². The maximum absolute atomic E-state index is 7.57. The topological polar surface area (TPSA) is 163 Å². The zero-order valence-electron chi connectivity index (χ0n) is 5.09. The summed E-state index contributed by atoms with van der Waals surface area (Å²) < 4.78 is 0. The Morgan fingerprint density at radius 2 is 0.800 bits per heavy atom. The van der Waals surface area contributed by atoms with Crippen molar-refractivity contribution in [3.63, 3.8) is 0 Å². The van der Waals surface area contributed by atoms with Gasteiger partial charge < -0.3 is 32.5 Å². The molecule has 70 valence electrons. The van der Waals surface area contributed by atoms with Crippen molar-refractivity contribution in [1.82, 2.24) is 0 Å². The predicted octanol–water partition coefficient (Wildman–Crippen LogP) is -0.600. The Morgan fingerprint density at radius 3 is 0.800 bits per heavy atom. The number of aliphatic hydroxyl groups is 1. The predicted molar refractivity (Wildman–Crippen MR) is 16.2 cm³/mol. The van der Waals surface area contributed by atoms with Gasteiger partial charge in [0.2, 0.25) is 0 Å². The van der Waals surface area contributed by atoms with Crippen LogP contribution >= 0.6 is 0 Å². The minimum absolute atomic E-state index is 0. The third-order valence-corrected chi connectivity index (χ3v) is 0. The third-order valence-electron chi connectivity index (χ3n) is 0. The molecule has 0 aromatic carbocycles. The van der Waals surface area contributed by atoms with E-state index in [0.29, 0.717) is 0 Å². The van der Waals surface area contributed by atoms with Crippen molar-refractivity contribution in [2.75, 3.05) is 6.61 Å². The van der Waals surface area contributed by atoms with Crippen LogP contribution in [-0.2, 0) is 64.5 Å². The van der Waals surface area contributed by atoms with E-state index in [1.165, 1.54) is 0 Å². The molecule has 0 heterocycles. The molecule has 0 aliphatic carbocycles. The first-order valence-corrected chi connectivity index (χ1v) is 1.02. The molecular weight excluding hydrogens is 222 g/mol. The Morgan fingerprint density at radius 1 is 0.800 bits per heavy atom. The zero-order chi connectivity index (χ0) is 2.71. The zero-order valence-corrected chi connectivity index (χ0v) is 7.88. The average Bonchev–Trinajstić information content (AvgIpc) is 0.918. The normalized spacial score (nSPS) is 1.80. The Labute approximate surface area is 83.3 Å². The van der Waals surface area contributed by atoms with Gasteiger partial charge in [-0.3, -0.25) is 0 Å². The molecule has 0 unspecified atom stereocenters. The van der Waals surface area contributed by atoms with Gasteiger partial charge in [-0.25, -0.2) is 0 Å². The molecule has 0 bridgehead atoms. The molecule has 0 rings (SSSR count). The van der Waals surface area contributed by atoms with Crippen molar-refractivity contribution >= 4 is 0 Å². The van der Waals surface area contributed by atoms with Crippen molar-refractivity contribution in [3.8, 4) is 0 Å². The van der Waals surface area contributed by atoms with Crippen LogP contribution in [-0.4, -0.2) is 11.7 Å². The van der Waals surface area contributed by atoms with E-state index in [4.69, 9.17) is 5.11 Å². The van der Waals surface area contributed by atoms with Gasteiger partial charge in [-0.2, -0.15) is 0 Å². The fourth-order valence-corrected chi connectivity index (χ4v) is 0. The van der Waals surface area contributed by atoms with E-state index in [0.717, 1.165) is 0 Å². The molecule has 8 heteroatoms. The number of hydrogen-bond donors (Lipinski definition) is 1. The van der Waals surface area contributed by atoms with Crippen molar-refractivity contribution < 1.29 is 69.6 Å². The molecule has 0 aromatic rings. The molecule has 0 atom stereocenters. The first kappa shape index (κ1) is 126. The third kappa shape index (κ3) is 651. The van der Waals surface area contributed by atoms with Crippen molar-refractivity contribution in [2.24, 2.45) is 0 Å². The van der Waals surface area contributed by atoms with E-state index in [9.17, 15) is 0 Å². The van der Waals surface area contributed by atoms with Gasteiger partial charge in [-0.15, -0.1) is 0 Å². The molecule has 6 nitrogen and oxygen atoms in total. The summed E-state index contributed by atoms with van der Waals surface area (Å²) >= 11 is 0. The summed E-state index contributed by atoms with van der Waals surface area (Å²) in [6.07, 6.45) is 0. The SMILES string of the molecule is CCO.[O-2].[O-2].[O-2].[O-2].[O-2].[V].[V]. The summed E-state index contributed by atoms with van der Waals surface area (Å²) in [7, 11) is 0. The maximum atomic E-state index is 7.57. The second kappa shape index (κ2) is 213. The summed E-state index contributed by atoms with van der Waals surface area (Å²) in [6, 6.07) is 0.